The van der Waals surface area contributed by atoms with E-state index in [2.05, 4.69) is 90.1 Å². The molecule has 4 aromatic carbocycles. The zero-order chi connectivity index (χ0) is 23.8. The van der Waals surface area contributed by atoms with Gasteiger partial charge in [0, 0.05) is 5.41 Å². The summed E-state index contributed by atoms with van der Waals surface area (Å²) < 4.78 is 5.69. The third kappa shape index (κ3) is 6.58. The fraction of sp³-hybridized carbons (Fsp3) is 0.250. The maximum absolute atomic E-state index is 5.69. The van der Waals surface area contributed by atoms with Crippen LogP contribution in [-0.2, 0) is 5.41 Å². The van der Waals surface area contributed by atoms with Crippen molar-refractivity contribution in [1.29, 1.82) is 0 Å². The molecule has 0 spiro atoms. The van der Waals surface area contributed by atoms with Gasteiger partial charge in [0.2, 0.25) is 0 Å². The number of benzene rings is 4. The Balaban J connectivity index is 0.000000189. The molecule has 0 amide bonds. The van der Waals surface area contributed by atoms with Crippen LogP contribution >= 0.6 is 0 Å². The van der Waals surface area contributed by atoms with Crippen LogP contribution in [0.25, 0.3) is 0 Å². The molecule has 0 N–H and O–H groups in total. The molecule has 0 fully saturated rings. The van der Waals surface area contributed by atoms with Gasteiger partial charge in [-0.3, -0.25) is 0 Å². The smallest absolute Gasteiger partial charge is 0.127 e. The molecule has 0 bridgehead atoms. The first-order valence-corrected chi connectivity index (χ1v) is 11.8. The van der Waals surface area contributed by atoms with Crippen LogP contribution in [0.2, 0.25) is 0 Å². The number of aryl methyl sites for hydroxylation is 4. The van der Waals surface area contributed by atoms with E-state index in [1.165, 1.54) is 33.4 Å². The minimum Gasteiger partial charge on any atom is -0.457 e. The average Bonchev–Trinajstić information content (AvgIpc) is 2.83. The monoisotopic (exact) mass is 436 g/mol. The van der Waals surface area contributed by atoms with Crippen molar-refractivity contribution in [3.63, 3.8) is 0 Å². The molecule has 1 nitrogen and oxygen atoms in total. The predicted octanol–water partition coefficient (Wildman–Crippen LogP) is 9.12. The fourth-order valence-electron chi connectivity index (χ4n) is 3.77. The summed E-state index contributed by atoms with van der Waals surface area (Å²) in [7, 11) is 0. The largest absolute Gasteiger partial charge is 0.457 e. The van der Waals surface area contributed by atoms with Crippen LogP contribution in [0.3, 0.4) is 0 Å². The van der Waals surface area contributed by atoms with E-state index in [1.54, 1.807) is 0 Å². The van der Waals surface area contributed by atoms with Crippen LogP contribution in [0, 0.1) is 27.7 Å². The van der Waals surface area contributed by atoms with E-state index in [4.69, 9.17) is 4.74 Å². The minimum atomic E-state index is 0.112. The van der Waals surface area contributed by atoms with E-state index in [9.17, 15) is 0 Å². The van der Waals surface area contributed by atoms with Gasteiger partial charge in [-0.25, -0.2) is 0 Å². The van der Waals surface area contributed by atoms with Crippen molar-refractivity contribution in [3.8, 4) is 11.5 Å². The average molecular weight is 437 g/mol. The summed E-state index contributed by atoms with van der Waals surface area (Å²) in [6, 6.07) is 34.0. The van der Waals surface area contributed by atoms with Crippen LogP contribution in [0.4, 0.5) is 0 Å². The standard InChI is InChI=1S/C18H22.C14H14O/c1-5-18(4,16-10-6-14(2)7-11-16)17-12-8-15(3)9-13-17;1-11-3-7-13(8-4-11)15-14-9-5-12(2)6-10-14/h6-13H,5H2,1-4H3;3-10H,1-2H3. The Labute approximate surface area is 200 Å². The molecule has 4 aromatic rings. The molecule has 0 saturated heterocycles. The normalized spacial score (nSPS) is 10.8. The number of rotatable bonds is 5. The van der Waals surface area contributed by atoms with Crippen LogP contribution in [-0.4, -0.2) is 0 Å². The molecule has 0 saturated carbocycles. The van der Waals surface area contributed by atoms with E-state index in [0.717, 1.165) is 17.9 Å². The lowest BCUT2D eigenvalue weighted by atomic mass is 9.74. The lowest BCUT2D eigenvalue weighted by Crippen LogP contribution is -2.22. The maximum Gasteiger partial charge on any atom is 0.127 e. The van der Waals surface area contributed by atoms with Crippen molar-refractivity contribution >= 4 is 0 Å². The van der Waals surface area contributed by atoms with Crippen molar-refractivity contribution in [2.24, 2.45) is 0 Å². The lowest BCUT2D eigenvalue weighted by molar-refractivity contribution is 0.482. The molecule has 0 aliphatic heterocycles. The highest BCUT2D eigenvalue weighted by atomic mass is 16.5. The summed E-state index contributed by atoms with van der Waals surface area (Å²) >= 11 is 0. The van der Waals surface area contributed by atoms with E-state index in [0.29, 0.717) is 0 Å². The Hall–Kier alpha value is -3.32. The third-order valence-electron chi connectivity index (χ3n) is 6.36. The minimum absolute atomic E-state index is 0.112. The molecule has 170 valence electrons. The summed E-state index contributed by atoms with van der Waals surface area (Å²) in [6.45, 7) is 13.0. The van der Waals surface area contributed by atoms with Gasteiger partial charge in [-0.1, -0.05) is 109 Å². The van der Waals surface area contributed by atoms with Crippen LogP contribution in [0.15, 0.2) is 97.1 Å². The SMILES string of the molecule is CCC(C)(c1ccc(C)cc1)c1ccc(C)cc1.Cc1ccc(Oc2ccc(C)cc2)cc1. The fourth-order valence-corrected chi connectivity index (χ4v) is 3.77. The van der Waals surface area contributed by atoms with Crippen LogP contribution < -0.4 is 4.74 Å². The Morgan fingerprint density at radius 1 is 0.485 bits per heavy atom. The Kier molecular flexibility index (Phi) is 8.11. The molecule has 0 aliphatic rings. The second-order valence-electron chi connectivity index (χ2n) is 9.15. The molecule has 0 unspecified atom stereocenters. The van der Waals surface area contributed by atoms with Gasteiger partial charge in [0.15, 0.2) is 0 Å². The first-order chi connectivity index (χ1) is 15.8. The molecule has 0 aromatic heterocycles. The van der Waals surface area contributed by atoms with Crippen molar-refractivity contribution < 1.29 is 4.74 Å². The first kappa shape index (κ1) is 24.3. The van der Waals surface area contributed by atoms with Crippen LogP contribution in [0.1, 0.15) is 53.6 Å². The van der Waals surface area contributed by atoms with Crippen molar-refractivity contribution in [2.75, 3.05) is 0 Å². The molecular formula is C32H36O. The number of hydrogen-bond acceptors (Lipinski definition) is 1. The van der Waals surface area contributed by atoms with Gasteiger partial charge in [-0.15, -0.1) is 0 Å². The quantitative estimate of drug-likeness (QED) is 0.303. The van der Waals surface area contributed by atoms with Gasteiger partial charge >= 0.3 is 0 Å². The second-order valence-corrected chi connectivity index (χ2v) is 9.15. The van der Waals surface area contributed by atoms with Crippen molar-refractivity contribution in [3.05, 3.63) is 130 Å². The summed E-state index contributed by atoms with van der Waals surface area (Å²) in [6.07, 6.45) is 1.11. The van der Waals surface area contributed by atoms with Gasteiger partial charge in [-0.05, 0) is 69.5 Å². The maximum atomic E-state index is 5.69. The van der Waals surface area contributed by atoms with E-state index in [-0.39, 0.29) is 5.41 Å². The first-order valence-electron chi connectivity index (χ1n) is 11.8. The molecule has 4 rings (SSSR count). The highest BCUT2D eigenvalue weighted by molar-refractivity contribution is 5.40. The topological polar surface area (TPSA) is 9.23 Å². The van der Waals surface area contributed by atoms with Crippen molar-refractivity contribution in [2.45, 2.75) is 53.4 Å². The zero-order valence-corrected chi connectivity index (χ0v) is 20.9. The highest BCUT2D eigenvalue weighted by Gasteiger charge is 2.26. The van der Waals surface area contributed by atoms with E-state index < -0.39 is 0 Å². The Morgan fingerprint density at radius 2 is 0.758 bits per heavy atom. The number of hydrogen-bond donors (Lipinski definition) is 0. The molecule has 33 heavy (non-hydrogen) atoms. The van der Waals surface area contributed by atoms with Gasteiger partial charge in [0.1, 0.15) is 11.5 Å². The summed E-state index contributed by atoms with van der Waals surface area (Å²) in [5.74, 6) is 1.76. The van der Waals surface area contributed by atoms with Gasteiger partial charge in [0.05, 0.1) is 0 Å². The summed E-state index contributed by atoms with van der Waals surface area (Å²) in [5, 5.41) is 0. The van der Waals surface area contributed by atoms with Gasteiger partial charge in [-0.2, -0.15) is 0 Å². The molecule has 0 radical (unpaired) electrons. The zero-order valence-electron chi connectivity index (χ0n) is 20.9. The van der Waals surface area contributed by atoms with Gasteiger partial charge in [0.25, 0.3) is 0 Å². The summed E-state index contributed by atoms with van der Waals surface area (Å²) in [4.78, 5) is 0. The van der Waals surface area contributed by atoms with E-state index in [1.807, 2.05) is 48.5 Å². The highest BCUT2D eigenvalue weighted by Crippen LogP contribution is 2.35. The van der Waals surface area contributed by atoms with Crippen LogP contribution in [0.5, 0.6) is 11.5 Å². The Morgan fingerprint density at radius 3 is 1.03 bits per heavy atom. The Bertz CT molecular complexity index is 1030. The van der Waals surface area contributed by atoms with Gasteiger partial charge < -0.3 is 4.74 Å². The third-order valence-corrected chi connectivity index (χ3v) is 6.36. The summed E-state index contributed by atoms with van der Waals surface area (Å²) in [5.41, 5.74) is 8.04. The number of ether oxygens (including phenoxy) is 1. The molecular weight excluding hydrogens is 400 g/mol. The lowest BCUT2D eigenvalue weighted by Gasteiger charge is -2.30. The predicted molar refractivity (Wildman–Crippen MR) is 142 cm³/mol. The van der Waals surface area contributed by atoms with Crippen molar-refractivity contribution in [1.82, 2.24) is 0 Å². The molecule has 1 heteroatoms. The van der Waals surface area contributed by atoms with E-state index >= 15 is 0 Å². The molecule has 0 aliphatic carbocycles. The molecule has 0 heterocycles. The molecule has 0 atom stereocenters. The second kappa shape index (κ2) is 11.0.